The summed E-state index contributed by atoms with van der Waals surface area (Å²) in [5, 5.41) is 3.65. The van der Waals surface area contributed by atoms with E-state index in [2.05, 4.69) is 26.3 Å². The molecule has 1 amide bonds. The van der Waals surface area contributed by atoms with Gasteiger partial charge in [-0.3, -0.25) is 14.8 Å². The Balaban J connectivity index is 1.34. The molecule has 0 radical (unpaired) electrons. The smallest absolute Gasteiger partial charge is 0.230 e. The number of carbonyl (C=O) groups is 1. The maximum absolute atomic E-state index is 14.4. The average Bonchev–Trinajstić information content (AvgIpc) is 3.26. The van der Waals surface area contributed by atoms with E-state index in [1.165, 1.54) is 13.2 Å². The van der Waals surface area contributed by atoms with E-state index in [9.17, 15) is 9.18 Å². The van der Waals surface area contributed by atoms with Crippen molar-refractivity contribution in [3.8, 4) is 17.1 Å². The van der Waals surface area contributed by atoms with Crippen LogP contribution in [0.4, 0.5) is 10.2 Å². The molecule has 0 aromatic carbocycles. The number of fused-ring (bicyclic) bond motifs is 1. The second kappa shape index (κ2) is 8.87. The van der Waals surface area contributed by atoms with E-state index in [1.807, 2.05) is 18.7 Å². The van der Waals surface area contributed by atoms with Gasteiger partial charge in [-0.15, -0.1) is 0 Å². The van der Waals surface area contributed by atoms with E-state index < -0.39 is 11.7 Å². The number of aryl methyl sites for hydroxylation is 3. The van der Waals surface area contributed by atoms with Crippen LogP contribution in [0.5, 0.6) is 5.88 Å². The second-order valence-electron chi connectivity index (χ2n) is 9.50. The van der Waals surface area contributed by atoms with Crippen LogP contribution < -0.4 is 10.1 Å². The van der Waals surface area contributed by atoms with Crippen LogP contribution in [0.1, 0.15) is 48.2 Å². The van der Waals surface area contributed by atoms with E-state index in [4.69, 9.17) is 9.72 Å². The van der Waals surface area contributed by atoms with Crippen LogP contribution in [0.15, 0.2) is 30.7 Å². The van der Waals surface area contributed by atoms with Crippen molar-refractivity contribution in [2.45, 2.75) is 51.5 Å². The molecule has 35 heavy (non-hydrogen) atoms. The Bertz CT molecular complexity index is 1300. The summed E-state index contributed by atoms with van der Waals surface area (Å²) < 4.78 is 19.5. The number of ether oxygens (including phenoxy) is 1. The van der Waals surface area contributed by atoms with Gasteiger partial charge in [-0.05, 0) is 51.7 Å². The number of pyridine rings is 2. The minimum absolute atomic E-state index is 0.0979. The number of amides is 1. The van der Waals surface area contributed by atoms with Gasteiger partial charge in [-0.1, -0.05) is 0 Å². The third kappa shape index (κ3) is 4.19. The van der Waals surface area contributed by atoms with Gasteiger partial charge >= 0.3 is 0 Å². The van der Waals surface area contributed by atoms with E-state index in [0.717, 1.165) is 59.5 Å². The Morgan fingerprint density at radius 1 is 1.17 bits per heavy atom. The summed E-state index contributed by atoms with van der Waals surface area (Å²) in [6.45, 7) is 6.84. The van der Waals surface area contributed by atoms with Gasteiger partial charge in [0.15, 0.2) is 0 Å². The fourth-order valence-electron chi connectivity index (χ4n) is 5.20. The van der Waals surface area contributed by atoms with Crippen LogP contribution >= 0.6 is 0 Å². The number of hydrogen-bond acceptors (Lipinski definition) is 7. The van der Waals surface area contributed by atoms with Gasteiger partial charge in [-0.25, -0.2) is 14.4 Å². The van der Waals surface area contributed by atoms with Crippen LogP contribution in [-0.2, 0) is 11.2 Å². The first-order valence-corrected chi connectivity index (χ1v) is 11.8. The number of aromatic nitrogens is 4. The van der Waals surface area contributed by atoms with Crippen molar-refractivity contribution in [2.75, 3.05) is 25.5 Å². The third-order valence-corrected chi connectivity index (χ3v) is 7.26. The zero-order chi connectivity index (χ0) is 24.7. The van der Waals surface area contributed by atoms with Gasteiger partial charge in [0, 0.05) is 48.4 Å². The summed E-state index contributed by atoms with van der Waals surface area (Å²) >= 11 is 0. The van der Waals surface area contributed by atoms with Gasteiger partial charge in [0.1, 0.15) is 11.6 Å². The number of nitrogens with one attached hydrogen (secondary N) is 1. The normalized spacial score (nSPS) is 19.9. The molecule has 9 heteroatoms. The number of anilines is 1. The van der Waals surface area contributed by atoms with Crippen molar-refractivity contribution in [1.82, 2.24) is 24.8 Å². The summed E-state index contributed by atoms with van der Waals surface area (Å²) in [4.78, 5) is 32.8. The highest BCUT2D eigenvalue weighted by Gasteiger charge is 2.43. The maximum atomic E-state index is 14.4. The van der Waals surface area contributed by atoms with Crippen LogP contribution in [0, 0.1) is 19.7 Å². The summed E-state index contributed by atoms with van der Waals surface area (Å²) in [6, 6.07) is 3.66. The fourth-order valence-corrected chi connectivity index (χ4v) is 5.20. The van der Waals surface area contributed by atoms with Crippen LogP contribution in [0.25, 0.3) is 11.3 Å². The molecule has 5 heterocycles. The number of likely N-dealkylation sites (tertiary alicyclic amines) is 1. The van der Waals surface area contributed by atoms with Crippen molar-refractivity contribution in [3.05, 3.63) is 59.1 Å². The molecule has 1 spiro atoms. The van der Waals surface area contributed by atoms with Crippen molar-refractivity contribution >= 4 is 11.7 Å². The molecule has 0 aliphatic carbocycles. The van der Waals surface area contributed by atoms with Crippen LogP contribution in [-0.4, -0.2) is 56.5 Å². The number of rotatable bonds is 4. The standard InChI is InChI=1S/C26H29FN6O2/c1-15(19-12-22(35-4)30-13-21(19)27)25(34)33-10-7-26(14-33)6-5-18-11-20(16(2)31-24(18)32-26)23-17(3)28-8-9-29-23/h8-9,11-13,15H,5-7,10,14H2,1-4H3,(H,31,32)/t15-,26+/m1/s1. The largest absolute Gasteiger partial charge is 0.481 e. The van der Waals surface area contributed by atoms with Gasteiger partial charge < -0.3 is 15.0 Å². The number of hydrogen-bond donors (Lipinski definition) is 1. The van der Waals surface area contributed by atoms with Gasteiger partial charge in [0.2, 0.25) is 11.8 Å². The molecule has 0 saturated carbocycles. The molecule has 2 aliphatic rings. The minimum atomic E-state index is -0.629. The first-order chi connectivity index (χ1) is 16.8. The number of nitrogens with zero attached hydrogens (tertiary/aromatic N) is 5. The minimum Gasteiger partial charge on any atom is -0.481 e. The molecule has 1 fully saturated rings. The average molecular weight is 477 g/mol. The van der Waals surface area contributed by atoms with Gasteiger partial charge in [-0.2, -0.15) is 0 Å². The van der Waals surface area contributed by atoms with Crippen LogP contribution in [0.3, 0.4) is 0 Å². The zero-order valence-electron chi connectivity index (χ0n) is 20.4. The molecule has 182 valence electrons. The van der Waals surface area contributed by atoms with Gasteiger partial charge in [0.25, 0.3) is 0 Å². The van der Waals surface area contributed by atoms with E-state index in [1.54, 1.807) is 19.3 Å². The van der Waals surface area contributed by atoms with E-state index >= 15 is 0 Å². The number of methoxy groups -OCH3 is 1. The molecule has 1 saturated heterocycles. The molecule has 2 atom stereocenters. The highest BCUT2D eigenvalue weighted by atomic mass is 19.1. The van der Waals surface area contributed by atoms with Crippen LogP contribution in [0.2, 0.25) is 0 Å². The van der Waals surface area contributed by atoms with Crippen molar-refractivity contribution in [2.24, 2.45) is 0 Å². The summed E-state index contributed by atoms with van der Waals surface area (Å²) in [5.41, 5.74) is 4.82. The Kier molecular flexibility index (Phi) is 5.86. The topological polar surface area (TPSA) is 93.1 Å². The molecule has 5 rings (SSSR count). The molecule has 0 unspecified atom stereocenters. The number of carbonyl (C=O) groups excluding carboxylic acids is 1. The fraction of sp³-hybridized carbons (Fsp3) is 0.423. The summed E-state index contributed by atoms with van der Waals surface area (Å²) in [6.07, 6.45) is 7.06. The Labute approximate surface area is 204 Å². The molecule has 1 N–H and O–H groups in total. The van der Waals surface area contributed by atoms with E-state index in [0.29, 0.717) is 24.5 Å². The maximum Gasteiger partial charge on any atom is 0.230 e. The predicted octanol–water partition coefficient (Wildman–Crippen LogP) is 3.83. The second-order valence-corrected chi connectivity index (χ2v) is 9.50. The monoisotopic (exact) mass is 476 g/mol. The van der Waals surface area contributed by atoms with E-state index in [-0.39, 0.29) is 11.4 Å². The highest BCUT2D eigenvalue weighted by Crippen LogP contribution is 2.39. The molecule has 3 aromatic heterocycles. The summed E-state index contributed by atoms with van der Waals surface area (Å²) in [7, 11) is 1.47. The zero-order valence-corrected chi connectivity index (χ0v) is 20.4. The predicted molar refractivity (Wildman–Crippen MR) is 130 cm³/mol. The number of halogens is 1. The SMILES string of the molecule is COc1cc([C@@H](C)C(=O)N2CC[C@@]3(CCc4cc(-c5nccnc5C)c(C)nc4N3)C2)c(F)cn1. The first kappa shape index (κ1) is 23.1. The lowest BCUT2D eigenvalue weighted by molar-refractivity contribution is -0.131. The lowest BCUT2D eigenvalue weighted by atomic mass is 9.86. The molecular formula is C26H29FN6O2. The lowest BCUT2D eigenvalue weighted by Gasteiger charge is -2.36. The van der Waals surface area contributed by atoms with Gasteiger partial charge in [0.05, 0.1) is 36.2 Å². The molecule has 8 nitrogen and oxygen atoms in total. The molecular weight excluding hydrogens is 447 g/mol. The van der Waals surface area contributed by atoms with Crippen molar-refractivity contribution in [3.63, 3.8) is 0 Å². The Morgan fingerprint density at radius 2 is 1.97 bits per heavy atom. The van der Waals surface area contributed by atoms with Crippen molar-refractivity contribution in [1.29, 1.82) is 0 Å². The Hall–Kier alpha value is -3.62. The third-order valence-electron chi connectivity index (χ3n) is 7.26. The molecule has 3 aromatic rings. The highest BCUT2D eigenvalue weighted by molar-refractivity contribution is 5.84. The summed E-state index contributed by atoms with van der Waals surface area (Å²) in [5.74, 6) is -0.0669. The Morgan fingerprint density at radius 3 is 2.74 bits per heavy atom. The quantitative estimate of drug-likeness (QED) is 0.612. The lowest BCUT2D eigenvalue weighted by Crippen LogP contribution is -2.46. The molecule has 2 aliphatic heterocycles. The first-order valence-electron chi connectivity index (χ1n) is 11.8. The van der Waals surface area contributed by atoms with Crippen molar-refractivity contribution < 1.29 is 13.9 Å². The molecule has 0 bridgehead atoms.